The van der Waals surface area contributed by atoms with E-state index in [0.717, 1.165) is 29.8 Å². The highest BCUT2D eigenvalue weighted by atomic mass is 28.4. The average molecular weight is 430 g/mol. The molecule has 5 nitrogen and oxygen atoms in total. The summed E-state index contributed by atoms with van der Waals surface area (Å²) < 4.78 is 17.5. The minimum Gasteiger partial charge on any atom is -0.543 e. The lowest BCUT2D eigenvalue weighted by Crippen LogP contribution is -2.50. The van der Waals surface area contributed by atoms with Crippen LogP contribution in [0.25, 0.3) is 11.3 Å². The van der Waals surface area contributed by atoms with Gasteiger partial charge in [-0.25, -0.2) is 0 Å². The molecule has 6 heteroatoms. The lowest BCUT2D eigenvalue weighted by molar-refractivity contribution is -0.146. The van der Waals surface area contributed by atoms with Crippen molar-refractivity contribution in [1.29, 1.82) is 0 Å². The fourth-order valence-electron chi connectivity index (χ4n) is 4.83. The Hall–Kier alpha value is -2.08. The highest BCUT2D eigenvalue weighted by molar-refractivity contribution is 6.78. The number of carbonyl (C=O) groups is 1. The van der Waals surface area contributed by atoms with Crippen LogP contribution in [0.5, 0.6) is 5.75 Å². The molecule has 30 heavy (non-hydrogen) atoms. The molecule has 164 valence electrons. The third-order valence-corrected chi connectivity index (χ3v) is 12.6. The molecule has 1 aromatic carbocycles. The molecule has 1 aliphatic rings. The van der Waals surface area contributed by atoms with Gasteiger partial charge in [-0.3, -0.25) is 4.79 Å². The monoisotopic (exact) mass is 429 g/mol. The van der Waals surface area contributed by atoms with Crippen LogP contribution < -0.4 is 4.43 Å². The van der Waals surface area contributed by atoms with Crippen LogP contribution in [0.3, 0.4) is 0 Å². The van der Waals surface area contributed by atoms with Crippen LogP contribution in [0, 0.1) is 0 Å². The van der Waals surface area contributed by atoms with Crippen molar-refractivity contribution in [1.82, 2.24) is 5.16 Å². The lowest BCUT2D eigenvalue weighted by atomic mass is 10.0. The van der Waals surface area contributed by atoms with Crippen molar-refractivity contribution in [2.45, 2.75) is 83.3 Å². The molecular formula is C24H35NO4Si. The van der Waals surface area contributed by atoms with E-state index < -0.39 is 13.7 Å². The molecule has 0 amide bonds. The average Bonchev–Trinajstić information content (AvgIpc) is 3.36. The van der Waals surface area contributed by atoms with E-state index in [9.17, 15) is 4.79 Å². The SMILES string of the molecule is CCOC(=O)C1(c2cc(-c3ccc(O[Si](C(C)C)(C(C)C)C(C)C)cc3)no2)CC1. The standard InChI is InChI=1S/C24H35NO4Si/c1-8-27-23(26)24(13-14-24)22-15-21(25-28-22)19-9-11-20(12-10-19)29-30(16(2)3,17(4)5)18(6)7/h9-12,15-18H,8,13-14H2,1-7H3. The topological polar surface area (TPSA) is 61.6 Å². The van der Waals surface area contributed by atoms with Crippen molar-refractivity contribution in [3.8, 4) is 17.0 Å². The zero-order chi connectivity index (χ0) is 22.1. The van der Waals surface area contributed by atoms with Gasteiger partial charge in [0.25, 0.3) is 8.32 Å². The molecule has 2 aromatic rings. The fraction of sp³-hybridized carbons (Fsp3) is 0.583. The quantitative estimate of drug-likeness (QED) is 0.337. The Balaban J connectivity index is 1.80. The van der Waals surface area contributed by atoms with Gasteiger partial charge in [0.2, 0.25) is 0 Å². The maximum absolute atomic E-state index is 12.3. The molecular weight excluding hydrogens is 394 g/mol. The van der Waals surface area contributed by atoms with Crippen molar-refractivity contribution >= 4 is 14.3 Å². The molecule has 0 N–H and O–H groups in total. The van der Waals surface area contributed by atoms with Crippen LogP contribution in [-0.2, 0) is 14.9 Å². The number of benzene rings is 1. The van der Waals surface area contributed by atoms with E-state index in [1.807, 2.05) is 37.3 Å². The van der Waals surface area contributed by atoms with Gasteiger partial charge in [-0.15, -0.1) is 0 Å². The Kier molecular flexibility index (Phi) is 6.46. The first-order chi connectivity index (χ1) is 14.2. The van der Waals surface area contributed by atoms with E-state index in [-0.39, 0.29) is 5.97 Å². The van der Waals surface area contributed by atoms with Crippen molar-refractivity contribution < 1.29 is 18.5 Å². The number of aromatic nitrogens is 1. The van der Waals surface area contributed by atoms with Gasteiger partial charge in [-0.1, -0.05) is 46.7 Å². The number of hydrogen-bond acceptors (Lipinski definition) is 5. The van der Waals surface area contributed by atoms with Gasteiger partial charge in [-0.05, 0) is 60.7 Å². The predicted octanol–water partition coefficient (Wildman–Crippen LogP) is 6.49. The fourth-order valence-corrected chi connectivity index (χ4v) is 10.1. The molecule has 1 saturated carbocycles. The largest absolute Gasteiger partial charge is 0.543 e. The summed E-state index contributed by atoms with van der Waals surface area (Å²) in [5.41, 5.74) is 2.60. The third kappa shape index (κ3) is 3.94. The summed E-state index contributed by atoms with van der Waals surface area (Å²) >= 11 is 0. The molecule has 0 bridgehead atoms. The second-order valence-electron chi connectivity index (χ2n) is 9.32. The zero-order valence-electron chi connectivity index (χ0n) is 19.3. The van der Waals surface area contributed by atoms with E-state index >= 15 is 0 Å². The second-order valence-corrected chi connectivity index (χ2v) is 14.7. The van der Waals surface area contributed by atoms with Crippen LogP contribution in [0.2, 0.25) is 16.6 Å². The van der Waals surface area contributed by atoms with Gasteiger partial charge < -0.3 is 13.7 Å². The minimum absolute atomic E-state index is 0.214. The molecule has 0 saturated heterocycles. The van der Waals surface area contributed by atoms with Gasteiger partial charge in [0, 0.05) is 11.6 Å². The van der Waals surface area contributed by atoms with Crippen molar-refractivity contribution in [3.63, 3.8) is 0 Å². The number of rotatable bonds is 9. The van der Waals surface area contributed by atoms with Gasteiger partial charge in [0.15, 0.2) is 5.76 Å². The minimum atomic E-state index is -1.98. The molecule has 0 aliphatic heterocycles. The van der Waals surface area contributed by atoms with Crippen molar-refractivity contribution in [2.75, 3.05) is 6.61 Å². The van der Waals surface area contributed by atoms with Crippen molar-refractivity contribution in [3.05, 3.63) is 36.1 Å². The Bertz CT molecular complexity index is 844. The highest BCUT2D eigenvalue weighted by Crippen LogP contribution is 2.50. The molecule has 0 atom stereocenters. The van der Waals surface area contributed by atoms with Gasteiger partial charge in [0.05, 0.1) is 6.61 Å². The molecule has 1 heterocycles. The van der Waals surface area contributed by atoms with E-state index in [1.165, 1.54) is 0 Å². The van der Waals surface area contributed by atoms with Crippen LogP contribution in [0.1, 0.15) is 67.1 Å². The van der Waals surface area contributed by atoms with Gasteiger partial charge >= 0.3 is 5.97 Å². The maximum atomic E-state index is 12.3. The molecule has 0 spiro atoms. The summed E-state index contributed by atoms with van der Waals surface area (Å²) in [6, 6.07) is 9.95. The van der Waals surface area contributed by atoms with Crippen LogP contribution in [0.4, 0.5) is 0 Å². The molecule has 1 fully saturated rings. The smallest absolute Gasteiger partial charge is 0.319 e. The first kappa shape index (κ1) is 22.6. The number of nitrogens with zero attached hydrogens (tertiary/aromatic N) is 1. The second kappa shape index (κ2) is 8.58. The number of esters is 1. The summed E-state index contributed by atoms with van der Waals surface area (Å²) in [7, 11) is -1.98. The Morgan fingerprint density at radius 3 is 2.10 bits per heavy atom. The lowest BCUT2D eigenvalue weighted by Gasteiger charge is -2.42. The van der Waals surface area contributed by atoms with Crippen LogP contribution in [0.15, 0.2) is 34.9 Å². The number of ether oxygens (including phenoxy) is 1. The Morgan fingerprint density at radius 1 is 1.07 bits per heavy atom. The molecule has 0 radical (unpaired) electrons. The normalized spacial score (nSPS) is 15.7. The molecule has 1 aliphatic carbocycles. The highest BCUT2D eigenvalue weighted by Gasteiger charge is 2.56. The van der Waals surface area contributed by atoms with E-state index in [2.05, 4.69) is 46.7 Å². The molecule has 0 unspecified atom stereocenters. The summed E-state index contributed by atoms with van der Waals surface area (Å²) in [6.45, 7) is 15.9. The van der Waals surface area contributed by atoms with E-state index in [1.54, 1.807) is 0 Å². The maximum Gasteiger partial charge on any atom is 0.319 e. The summed E-state index contributed by atoms with van der Waals surface area (Å²) in [4.78, 5) is 12.3. The van der Waals surface area contributed by atoms with Gasteiger partial charge in [0.1, 0.15) is 16.9 Å². The van der Waals surface area contributed by atoms with E-state index in [0.29, 0.717) is 29.0 Å². The van der Waals surface area contributed by atoms with Gasteiger partial charge in [-0.2, -0.15) is 0 Å². The zero-order valence-corrected chi connectivity index (χ0v) is 20.3. The van der Waals surface area contributed by atoms with Crippen LogP contribution >= 0.6 is 0 Å². The summed E-state index contributed by atoms with van der Waals surface area (Å²) in [5.74, 6) is 1.30. The Morgan fingerprint density at radius 2 is 1.63 bits per heavy atom. The van der Waals surface area contributed by atoms with E-state index in [4.69, 9.17) is 13.7 Å². The number of hydrogen-bond donors (Lipinski definition) is 0. The van der Waals surface area contributed by atoms with Crippen LogP contribution in [-0.4, -0.2) is 26.1 Å². The summed E-state index contributed by atoms with van der Waals surface area (Å²) in [6.07, 6.45) is 1.50. The Labute approximate surface area is 181 Å². The molecule has 1 aromatic heterocycles. The third-order valence-electron chi connectivity index (χ3n) is 6.55. The first-order valence-corrected chi connectivity index (χ1v) is 13.2. The predicted molar refractivity (Wildman–Crippen MR) is 121 cm³/mol. The molecule has 3 rings (SSSR count). The number of carbonyl (C=O) groups excluding carboxylic acids is 1. The first-order valence-electron chi connectivity index (χ1n) is 11.1. The van der Waals surface area contributed by atoms with Crippen molar-refractivity contribution in [2.24, 2.45) is 0 Å². The summed E-state index contributed by atoms with van der Waals surface area (Å²) in [5, 5.41) is 4.21.